The number of primary amides is 1. The number of aliphatic hydroxyl groups excluding tert-OH is 1. The van der Waals surface area contributed by atoms with Gasteiger partial charge >= 0.3 is 0 Å². The van der Waals surface area contributed by atoms with E-state index >= 15 is 0 Å². The molecule has 1 aromatic carbocycles. The SMILES string of the molecule is NC(=O)c1ccc(CN(CCCO)C2CCC2)c(F)c1. The van der Waals surface area contributed by atoms with E-state index in [0.29, 0.717) is 24.6 Å². The second-order valence-corrected chi connectivity index (χ2v) is 5.30. The first-order chi connectivity index (χ1) is 9.61. The predicted octanol–water partition coefficient (Wildman–Crippen LogP) is 1.66. The van der Waals surface area contributed by atoms with Gasteiger partial charge in [0.2, 0.25) is 5.91 Å². The van der Waals surface area contributed by atoms with Gasteiger partial charge in [-0.25, -0.2) is 4.39 Å². The molecule has 0 unspecified atom stereocenters. The van der Waals surface area contributed by atoms with Gasteiger partial charge in [-0.15, -0.1) is 0 Å². The molecule has 0 aliphatic heterocycles. The van der Waals surface area contributed by atoms with Crippen molar-refractivity contribution in [2.75, 3.05) is 13.2 Å². The van der Waals surface area contributed by atoms with E-state index in [0.717, 1.165) is 19.4 Å². The molecular formula is C15H21FN2O2. The Morgan fingerprint density at radius 1 is 1.45 bits per heavy atom. The molecule has 1 saturated carbocycles. The Morgan fingerprint density at radius 3 is 2.70 bits per heavy atom. The minimum atomic E-state index is -0.619. The van der Waals surface area contributed by atoms with Crippen LogP contribution in [0.1, 0.15) is 41.6 Å². The Balaban J connectivity index is 2.07. The summed E-state index contributed by atoms with van der Waals surface area (Å²) < 4.78 is 14.0. The van der Waals surface area contributed by atoms with Crippen molar-refractivity contribution in [3.8, 4) is 0 Å². The molecule has 0 aromatic heterocycles. The number of hydrogen-bond donors (Lipinski definition) is 2. The highest BCUT2D eigenvalue weighted by molar-refractivity contribution is 5.92. The number of rotatable bonds is 7. The molecule has 1 amide bonds. The lowest BCUT2D eigenvalue weighted by atomic mass is 9.91. The maximum Gasteiger partial charge on any atom is 0.248 e. The fourth-order valence-corrected chi connectivity index (χ4v) is 2.46. The summed E-state index contributed by atoms with van der Waals surface area (Å²) in [6, 6.07) is 4.87. The normalized spacial score (nSPS) is 15.3. The van der Waals surface area contributed by atoms with Crippen LogP contribution in [-0.2, 0) is 6.54 Å². The van der Waals surface area contributed by atoms with Crippen molar-refractivity contribution in [2.45, 2.75) is 38.3 Å². The van der Waals surface area contributed by atoms with E-state index in [2.05, 4.69) is 4.90 Å². The van der Waals surface area contributed by atoms with Gasteiger partial charge in [-0.05, 0) is 31.4 Å². The van der Waals surface area contributed by atoms with Crippen molar-refractivity contribution in [3.05, 3.63) is 35.1 Å². The monoisotopic (exact) mass is 280 g/mol. The van der Waals surface area contributed by atoms with Gasteiger partial charge in [0.05, 0.1) is 0 Å². The van der Waals surface area contributed by atoms with E-state index in [-0.39, 0.29) is 12.2 Å². The number of carbonyl (C=O) groups excluding carboxylic acids is 1. The Labute approximate surface area is 118 Å². The number of halogens is 1. The molecule has 0 saturated heterocycles. The quantitative estimate of drug-likeness (QED) is 0.798. The van der Waals surface area contributed by atoms with E-state index in [1.165, 1.54) is 12.5 Å². The third-order valence-electron chi connectivity index (χ3n) is 3.91. The topological polar surface area (TPSA) is 66.6 Å². The van der Waals surface area contributed by atoms with Crippen LogP contribution in [0.15, 0.2) is 18.2 Å². The highest BCUT2D eigenvalue weighted by Crippen LogP contribution is 2.27. The molecule has 0 heterocycles. The number of amides is 1. The molecule has 0 atom stereocenters. The number of nitrogens with two attached hydrogens (primary N) is 1. The summed E-state index contributed by atoms with van der Waals surface area (Å²) in [4.78, 5) is 13.2. The van der Waals surface area contributed by atoms with Crippen molar-refractivity contribution in [2.24, 2.45) is 5.73 Å². The number of benzene rings is 1. The summed E-state index contributed by atoms with van der Waals surface area (Å²) in [6.45, 7) is 1.42. The highest BCUT2D eigenvalue weighted by atomic mass is 19.1. The summed E-state index contributed by atoms with van der Waals surface area (Å²) in [5, 5.41) is 8.95. The molecule has 0 spiro atoms. The minimum Gasteiger partial charge on any atom is -0.396 e. The Hall–Kier alpha value is -1.46. The smallest absolute Gasteiger partial charge is 0.248 e. The van der Waals surface area contributed by atoms with Gasteiger partial charge in [-0.1, -0.05) is 12.5 Å². The zero-order valence-electron chi connectivity index (χ0n) is 11.5. The lowest BCUT2D eigenvalue weighted by Crippen LogP contribution is -2.40. The average molecular weight is 280 g/mol. The van der Waals surface area contributed by atoms with Gasteiger partial charge in [0.25, 0.3) is 0 Å². The zero-order chi connectivity index (χ0) is 14.5. The van der Waals surface area contributed by atoms with Crippen molar-refractivity contribution in [1.29, 1.82) is 0 Å². The van der Waals surface area contributed by atoms with Gasteiger partial charge in [0.1, 0.15) is 5.82 Å². The Morgan fingerprint density at radius 2 is 2.20 bits per heavy atom. The highest BCUT2D eigenvalue weighted by Gasteiger charge is 2.25. The van der Waals surface area contributed by atoms with Crippen LogP contribution in [0.4, 0.5) is 4.39 Å². The van der Waals surface area contributed by atoms with Crippen LogP contribution in [-0.4, -0.2) is 35.1 Å². The molecule has 3 N–H and O–H groups in total. The van der Waals surface area contributed by atoms with Crippen LogP contribution in [0.25, 0.3) is 0 Å². The zero-order valence-corrected chi connectivity index (χ0v) is 11.5. The summed E-state index contributed by atoms with van der Waals surface area (Å²) in [6.07, 6.45) is 4.17. The molecule has 1 aliphatic rings. The van der Waals surface area contributed by atoms with Crippen molar-refractivity contribution < 1.29 is 14.3 Å². The summed E-state index contributed by atoms with van der Waals surface area (Å²) in [5.41, 5.74) is 5.90. The largest absolute Gasteiger partial charge is 0.396 e. The first-order valence-electron chi connectivity index (χ1n) is 7.05. The van der Waals surface area contributed by atoms with Crippen LogP contribution >= 0.6 is 0 Å². The molecule has 1 aromatic rings. The van der Waals surface area contributed by atoms with E-state index < -0.39 is 11.7 Å². The Kier molecular flexibility index (Phi) is 5.09. The van der Waals surface area contributed by atoms with Crippen molar-refractivity contribution in [1.82, 2.24) is 4.90 Å². The molecule has 1 aliphatic carbocycles. The van der Waals surface area contributed by atoms with Gasteiger partial charge in [-0.3, -0.25) is 9.69 Å². The van der Waals surface area contributed by atoms with Gasteiger partial charge in [0, 0.05) is 36.9 Å². The number of aliphatic hydroxyl groups is 1. The van der Waals surface area contributed by atoms with E-state index in [4.69, 9.17) is 10.8 Å². The third-order valence-corrected chi connectivity index (χ3v) is 3.91. The van der Waals surface area contributed by atoms with Crippen LogP contribution in [0.3, 0.4) is 0 Å². The standard InChI is InChI=1S/C15H21FN2O2/c16-14-9-11(15(17)20)5-6-12(14)10-18(7-2-8-19)13-3-1-4-13/h5-6,9,13,19H,1-4,7-8,10H2,(H2,17,20). The van der Waals surface area contributed by atoms with E-state index in [9.17, 15) is 9.18 Å². The molecule has 4 nitrogen and oxygen atoms in total. The summed E-state index contributed by atoms with van der Waals surface area (Å²) >= 11 is 0. The first-order valence-corrected chi connectivity index (χ1v) is 7.05. The van der Waals surface area contributed by atoms with Crippen LogP contribution in [0.2, 0.25) is 0 Å². The second kappa shape index (κ2) is 6.81. The molecule has 20 heavy (non-hydrogen) atoms. The predicted molar refractivity (Wildman–Crippen MR) is 74.7 cm³/mol. The maximum absolute atomic E-state index is 14.0. The van der Waals surface area contributed by atoms with E-state index in [1.54, 1.807) is 12.1 Å². The molecule has 1 fully saturated rings. The van der Waals surface area contributed by atoms with Crippen molar-refractivity contribution >= 4 is 5.91 Å². The lowest BCUT2D eigenvalue weighted by Gasteiger charge is -2.37. The number of nitrogens with zero attached hydrogens (tertiary/aromatic N) is 1. The third kappa shape index (κ3) is 3.55. The number of hydrogen-bond acceptors (Lipinski definition) is 3. The van der Waals surface area contributed by atoms with E-state index in [1.807, 2.05) is 0 Å². The van der Waals surface area contributed by atoms with Crippen LogP contribution < -0.4 is 5.73 Å². The Bertz CT molecular complexity index is 475. The molecular weight excluding hydrogens is 259 g/mol. The fourth-order valence-electron chi connectivity index (χ4n) is 2.46. The maximum atomic E-state index is 14.0. The van der Waals surface area contributed by atoms with Gasteiger partial charge in [-0.2, -0.15) is 0 Å². The molecule has 5 heteroatoms. The van der Waals surface area contributed by atoms with Crippen LogP contribution in [0.5, 0.6) is 0 Å². The summed E-state index contributed by atoms with van der Waals surface area (Å²) in [7, 11) is 0. The van der Waals surface area contributed by atoms with Gasteiger partial charge < -0.3 is 10.8 Å². The average Bonchev–Trinajstić information content (AvgIpc) is 2.35. The molecule has 110 valence electrons. The van der Waals surface area contributed by atoms with Crippen LogP contribution in [0, 0.1) is 5.82 Å². The molecule has 2 rings (SSSR count). The second-order valence-electron chi connectivity index (χ2n) is 5.30. The number of carbonyl (C=O) groups is 1. The fraction of sp³-hybridized carbons (Fsp3) is 0.533. The molecule has 0 radical (unpaired) electrons. The first kappa shape index (κ1) is 14.9. The molecule has 0 bridgehead atoms. The van der Waals surface area contributed by atoms with Gasteiger partial charge in [0.15, 0.2) is 0 Å². The lowest BCUT2D eigenvalue weighted by molar-refractivity contribution is 0.0998. The summed E-state index contributed by atoms with van der Waals surface area (Å²) in [5.74, 6) is -1.01. The minimum absolute atomic E-state index is 0.145. The van der Waals surface area contributed by atoms with Crippen molar-refractivity contribution in [3.63, 3.8) is 0 Å².